The van der Waals surface area contributed by atoms with Crippen LogP contribution in [0.25, 0.3) is 0 Å². The number of rotatable bonds is 5. The van der Waals surface area contributed by atoms with Gasteiger partial charge in [-0.25, -0.2) is 0 Å². The maximum absolute atomic E-state index is 9.81. The highest BCUT2D eigenvalue weighted by Gasteiger charge is 2.07. The van der Waals surface area contributed by atoms with Gasteiger partial charge in [-0.2, -0.15) is 0 Å². The van der Waals surface area contributed by atoms with E-state index < -0.39 is 0 Å². The smallest absolute Gasteiger partial charge is 0.0705 e. The van der Waals surface area contributed by atoms with E-state index in [1.807, 2.05) is 12.1 Å². The van der Waals surface area contributed by atoms with Crippen LogP contribution in [0.2, 0.25) is 0 Å². The van der Waals surface area contributed by atoms with E-state index in [1.54, 1.807) is 0 Å². The summed E-state index contributed by atoms with van der Waals surface area (Å²) in [5.74, 6) is 0. The minimum absolute atomic E-state index is 0.298. The molecule has 1 aromatic carbocycles. The van der Waals surface area contributed by atoms with Gasteiger partial charge >= 0.3 is 0 Å². The molecule has 0 bridgehead atoms. The lowest BCUT2D eigenvalue weighted by Gasteiger charge is -2.15. The maximum atomic E-state index is 9.81. The average Bonchev–Trinajstić information content (AvgIpc) is 2.18. The van der Waals surface area contributed by atoms with E-state index in [2.05, 4.69) is 38.2 Å². The van der Waals surface area contributed by atoms with Gasteiger partial charge in [0.15, 0.2) is 0 Å². The predicted molar refractivity (Wildman–Crippen MR) is 64.0 cm³/mol. The maximum Gasteiger partial charge on any atom is 0.0705 e. The van der Waals surface area contributed by atoms with E-state index in [4.69, 9.17) is 0 Å². The summed E-state index contributed by atoms with van der Waals surface area (Å²) in [6, 6.07) is 8.63. The Morgan fingerprint density at radius 2 is 1.93 bits per heavy atom. The normalized spacial score (nSPS) is 13.1. The van der Waals surface area contributed by atoms with Crippen molar-refractivity contribution in [3.63, 3.8) is 0 Å². The van der Waals surface area contributed by atoms with Crippen LogP contribution in [-0.4, -0.2) is 23.8 Å². The molecule has 0 heterocycles. The van der Waals surface area contributed by atoms with Crippen LogP contribution in [0.3, 0.4) is 0 Å². The number of aryl methyl sites for hydroxylation is 1. The molecule has 0 saturated carbocycles. The topological polar surface area (TPSA) is 32.3 Å². The molecule has 0 saturated heterocycles. The van der Waals surface area contributed by atoms with Crippen LogP contribution in [0.15, 0.2) is 24.3 Å². The van der Waals surface area contributed by atoms with Gasteiger partial charge in [-0.3, -0.25) is 0 Å². The SMILES string of the molecule is Cc1ccccc1CC(O)CNC(C)C. The first kappa shape index (κ1) is 12.2. The van der Waals surface area contributed by atoms with Crippen molar-refractivity contribution in [3.8, 4) is 0 Å². The summed E-state index contributed by atoms with van der Waals surface area (Å²) >= 11 is 0. The van der Waals surface area contributed by atoms with E-state index in [9.17, 15) is 5.11 Å². The van der Waals surface area contributed by atoms with Crippen LogP contribution >= 0.6 is 0 Å². The zero-order chi connectivity index (χ0) is 11.3. The Bertz CT molecular complexity index is 296. The fraction of sp³-hybridized carbons (Fsp3) is 0.538. The second kappa shape index (κ2) is 5.89. The Morgan fingerprint density at radius 3 is 2.53 bits per heavy atom. The van der Waals surface area contributed by atoms with Crippen molar-refractivity contribution in [1.29, 1.82) is 0 Å². The molecule has 0 aliphatic rings. The van der Waals surface area contributed by atoms with Gasteiger partial charge in [0.2, 0.25) is 0 Å². The molecule has 2 nitrogen and oxygen atoms in total. The molecule has 0 aromatic heterocycles. The van der Waals surface area contributed by atoms with Crippen LogP contribution in [-0.2, 0) is 6.42 Å². The molecule has 1 unspecified atom stereocenters. The Hall–Kier alpha value is -0.860. The van der Waals surface area contributed by atoms with Crippen molar-refractivity contribution < 1.29 is 5.11 Å². The lowest BCUT2D eigenvalue weighted by Crippen LogP contribution is -2.33. The lowest BCUT2D eigenvalue weighted by molar-refractivity contribution is 0.168. The number of aliphatic hydroxyl groups is 1. The van der Waals surface area contributed by atoms with Gasteiger partial charge in [0, 0.05) is 12.6 Å². The van der Waals surface area contributed by atoms with Gasteiger partial charge in [0.25, 0.3) is 0 Å². The van der Waals surface area contributed by atoms with Crippen LogP contribution in [0, 0.1) is 6.92 Å². The third kappa shape index (κ3) is 4.45. The molecule has 2 N–H and O–H groups in total. The molecule has 2 heteroatoms. The van der Waals surface area contributed by atoms with Crippen molar-refractivity contribution in [2.75, 3.05) is 6.54 Å². The van der Waals surface area contributed by atoms with E-state index in [1.165, 1.54) is 11.1 Å². The third-order valence-corrected chi connectivity index (χ3v) is 2.48. The van der Waals surface area contributed by atoms with Gasteiger partial charge in [-0.05, 0) is 24.5 Å². The third-order valence-electron chi connectivity index (χ3n) is 2.48. The molecule has 0 fully saturated rings. The fourth-order valence-electron chi connectivity index (χ4n) is 1.54. The van der Waals surface area contributed by atoms with Crippen molar-refractivity contribution in [3.05, 3.63) is 35.4 Å². The van der Waals surface area contributed by atoms with Crippen LogP contribution < -0.4 is 5.32 Å². The Balaban J connectivity index is 2.44. The number of hydrogen-bond donors (Lipinski definition) is 2. The number of aliphatic hydroxyl groups excluding tert-OH is 1. The van der Waals surface area contributed by atoms with E-state index in [0.29, 0.717) is 12.6 Å². The Morgan fingerprint density at radius 1 is 1.27 bits per heavy atom. The zero-order valence-electron chi connectivity index (χ0n) is 9.83. The van der Waals surface area contributed by atoms with E-state index >= 15 is 0 Å². The largest absolute Gasteiger partial charge is 0.391 e. The molecular weight excluding hydrogens is 186 g/mol. The number of hydrogen-bond acceptors (Lipinski definition) is 2. The highest BCUT2D eigenvalue weighted by atomic mass is 16.3. The number of nitrogens with one attached hydrogen (secondary N) is 1. The average molecular weight is 207 g/mol. The van der Waals surface area contributed by atoms with Crippen molar-refractivity contribution in [1.82, 2.24) is 5.32 Å². The number of benzene rings is 1. The lowest BCUT2D eigenvalue weighted by atomic mass is 10.0. The van der Waals surface area contributed by atoms with Gasteiger partial charge in [-0.1, -0.05) is 38.1 Å². The molecule has 0 radical (unpaired) electrons. The molecule has 15 heavy (non-hydrogen) atoms. The van der Waals surface area contributed by atoms with Crippen LogP contribution in [0.1, 0.15) is 25.0 Å². The summed E-state index contributed by atoms with van der Waals surface area (Å²) in [6.45, 7) is 6.91. The zero-order valence-corrected chi connectivity index (χ0v) is 9.83. The summed E-state index contributed by atoms with van der Waals surface area (Å²) in [5, 5.41) is 13.0. The summed E-state index contributed by atoms with van der Waals surface area (Å²) in [5.41, 5.74) is 2.48. The Labute approximate surface area is 92.3 Å². The van der Waals surface area contributed by atoms with Crippen LogP contribution in [0.4, 0.5) is 0 Å². The minimum Gasteiger partial charge on any atom is -0.391 e. The summed E-state index contributed by atoms with van der Waals surface area (Å²) in [7, 11) is 0. The molecule has 1 rings (SSSR count). The highest BCUT2D eigenvalue weighted by molar-refractivity contribution is 5.26. The standard InChI is InChI=1S/C13H21NO/c1-10(2)14-9-13(15)8-12-7-5-4-6-11(12)3/h4-7,10,13-15H,8-9H2,1-3H3. The molecule has 0 amide bonds. The first-order valence-electron chi connectivity index (χ1n) is 5.55. The van der Waals surface area contributed by atoms with Gasteiger partial charge < -0.3 is 10.4 Å². The van der Waals surface area contributed by atoms with Crippen molar-refractivity contribution in [2.24, 2.45) is 0 Å². The van der Waals surface area contributed by atoms with Gasteiger partial charge in [0.1, 0.15) is 0 Å². The minimum atomic E-state index is -0.298. The van der Waals surface area contributed by atoms with Crippen molar-refractivity contribution in [2.45, 2.75) is 39.3 Å². The monoisotopic (exact) mass is 207 g/mol. The van der Waals surface area contributed by atoms with Crippen LogP contribution in [0.5, 0.6) is 0 Å². The fourth-order valence-corrected chi connectivity index (χ4v) is 1.54. The molecule has 0 aliphatic heterocycles. The summed E-state index contributed by atoms with van der Waals surface area (Å²) in [6.07, 6.45) is 0.431. The molecule has 84 valence electrons. The second-order valence-electron chi connectivity index (χ2n) is 4.35. The molecule has 1 atom stereocenters. The first-order chi connectivity index (χ1) is 7.09. The predicted octanol–water partition coefficient (Wildman–Crippen LogP) is 1.90. The summed E-state index contributed by atoms with van der Waals surface area (Å²) < 4.78 is 0. The second-order valence-corrected chi connectivity index (χ2v) is 4.35. The summed E-state index contributed by atoms with van der Waals surface area (Å²) in [4.78, 5) is 0. The van der Waals surface area contributed by atoms with Gasteiger partial charge in [0.05, 0.1) is 6.10 Å². The molecular formula is C13H21NO. The highest BCUT2D eigenvalue weighted by Crippen LogP contribution is 2.09. The quantitative estimate of drug-likeness (QED) is 0.773. The molecule has 0 aliphatic carbocycles. The first-order valence-corrected chi connectivity index (χ1v) is 5.55. The van der Waals surface area contributed by atoms with E-state index in [0.717, 1.165) is 6.42 Å². The Kier molecular flexibility index (Phi) is 4.79. The molecule has 0 spiro atoms. The van der Waals surface area contributed by atoms with Crippen molar-refractivity contribution >= 4 is 0 Å². The van der Waals surface area contributed by atoms with Gasteiger partial charge in [-0.15, -0.1) is 0 Å². The molecule has 1 aromatic rings. The van der Waals surface area contributed by atoms with E-state index in [-0.39, 0.29) is 6.10 Å².